The van der Waals surface area contributed by atoms with Crippen LogP contribution in [0.3, 0.4) is 0 Å². The second kappa shape index (κ2) is 6.55. The van der Waals surface area contributed by atoms with E-state index in [0.717, 1.165) is 5.66 Å². The van der Waals surface area contributed by atoms with Gasteiger partial charge in [-0.15, -0.1) is 0 Å². The van der Waals surface area contributed by atoms with Gasteiger partial charge in [-0.25, -0.2) is 0 Å². The minimum Gasteiger partial charge on any atom is -0.0719 e. The molecule has 1 aromatic carbocycles. The van der Waals surface area contributed by atoms with Gasteiger partial charge in [0.2, 0.25) is 0 Å². The summed E-state index contributed by atoms with van der Waals surface area (Å²) in [6.45, 7) is 4.64. The third-order valence-corrected chi connectivity index (χ3v) is 7.35. The molecule has 1 saturated carbocycles. The number of benzene rings is 1. The van der Waals surface area contributed by atoms with Gasteiger partial charge in [-0.3, -0.25) is 0 Å². The molecule has 1 aliphatic carbocycles. The smallest absolute Gasteiger partial charge is 0.0169 e. The lowest BCUT2D eigenvalue weighted by Gasteiger charge is -2.32. The van der Waals surface area contributed by atoms with Crippen LogP contribution < -0.4 is 5.30 Å². The Balaban J connectivity index is 2.18. The molecule has 1 heteroatoms. The lowest BCUT2D eigenvalue weighted by atomic mass is 10.0. The van der Waals surface area contributed by atoms with E-state index in [1.54, 1.807) is 5.30 Å². The molecule has 0 amide bonds. The minimum absolute atomic E-state index is 0.105. The van der Waals surface area contributed by atoms with Crippen molar-refractivity contribution < 1.29 is 0 Å². The van der Waals surface area contributed by atoms with Gasteiger partial charge in [-0.2, -0.15) is 0 Å². The Morgan fingerprint density at radius 1 is 1.12 bits per heavy atom. The first-order valence-corrected chi connectivity index (χ1v) is 8.75. The van der Waals surface area contributed by atoms with Crippen LogP contribution in [0.15, 0.2) is 24.3 Å². The van der Waals surface area contributed by atoms with E-state index in [1.807, 2.05) is 0 Å². The van der Waals surface area contributed by atoms with Crippen LogP contribution in [0.2, 0.25) is 0 Å². The predicted molar refractivity (Wildman–Crippen MR) is 79.8 cm³/mol. The van der Waals surface area contributed by atoms with E-state index >= 15 is 0 Å². The minimum atomic E-state index is 0.105. The summed E-state index contributed by atoms with van der Waals surface area (Å²) in [5.41, 5.74) is 2.54. The fourth-order valence-electron chi connectivity index (χ4n) is 3.02. The molecule has 1 fully saturated rings. The van der Waals surface area contributed by atoms with Crippen LogP contribution >= 0.6 is 7.92 Å². The third kappa shape index (κ3) is 3.32. The van der Waals surface area contributed by atoms with E-state index in [2.05, 4.69) is 38.1 Å². The van der Waals surface area contributed by atoms with E-state index in [-0.39, 0.29) is 7.92 Å². The normalized spacial score (nSPS) is 19.2. The van der Waals surface area contributed by atoms with Crippen LogP contribution in [0.4, 0.5) is 0 Å². The summed E-state index contributed by atoms with van der Waals surface area (Å²) in [7, 11) is 0.105. The predicted octanol–water partition coefficient (Wildman–Crippen LogP) is 4.84. The van der Waals surface area contributed by atoms with Crippen molar-refractivity contribution in [1.82, 2.24) is 0 Å². The summed E-state index contributed by atoms with van der Waals surface area (Å²) in [6.07, 6.45) is 10.2. The van der Waals surface area contributed by atoms with E-state index < -0.39 is 0 Å². The lowest BCUT2D eigenvalue weighted by Crippen LogP contribution is -2.20. The molecule has 1 aliphatic rings. The van der Waals surface area contributed by atoms with Crippen molar-refractivity contribution in [2.75, 3.05) is 6.16 Å². The van der Waals surface area contributed by atoms with Crippen LogP contribution in [0.25, 0.3) is 0 Å². The molecule has 0 aromatic heterocycles. The van der Waals surface area contributed by atoms with Crippen molar-refractivity contribution in [1.29, 1.82) is 0 Å². The number of aryl methyl sites for hydroxylation is 1. The number of rotatable bonds is 4. The summed E-state index contributed by atoms with van der Waals surface area (Å²) in [6, 6.07) is 9.10. The van der Waals surface area contributed by atoms with Gasteiger partial charge in [0.25, 0.3) is 0 Å². The first-order chi connectivity index (χ1) is 8.33. The Bertz CT molecular complexity index is 339. The lowest BCUT2D eigenvalue weighted by molar-refractivity contribution is 0.511. The highest BCUT2D eigenvalue weighted by molar-refractivity contribution is 7.66. The SMILES string of the molecule is CCCP(c1ccccc1C)C1CCCCC1. The molecule has 0 bridgehead atoms. The Morgan fingerprint density at radius 3 is 2.47 bits per heavy atom. The first kappa shape index (κ1) is 13.1. The number of hydrogen-bond acceptors (Lipinski definition) is 0. The highest BCUT2D eigenvalue weighted by atomic mass is 31.1. The summed E-state index contributed by atoms with van der Waals surface area (Å²) in [4.78, 5) is 0. The standard InChI is InChI=1S/C16H25P/c1-3-13-17(15-10-5-4-6-11-15)16-12-8-7-9-14(16)2/h7-9,12,15H,3-6,10-11,13H2,1-2H3. The molecular formula is C16H25P. The molecule has 1 atom stereocenters. The Kier molecular flexibility index (Phi) is 5.04. The van der Waals surface area contributed by atoms with Crippen LogP contribution in [0.5, 0.6) is 0 Å². The topological polar surface area (TPSA) is 0 Å². The fourth-order valence-corrected chi connectivity index (χ4v) is 6.29. The molecule has 0 aliphatic heterocycles. The largest absolute Gasteiger partial charge is 0.0719 e. The van der Waals surface area contributed by atoms with Crippen LogP contribution in [0.1, 0.15) is 51.0 Å². The molecule has 0 radical (unpaired) electrons. The van der Waals surface area contributed by atoms with E-state index in [1.165, 1.54) is 50.3 Å². The zero-order valence-electron chi connectivity index (χ0n) is 11.3. The maximum absolute atomic E-state index is 2.39. The van der Waals surface area contributed by atoms with E-state index in [4.69, 9.17) is 0 Å². The summed E-state index contributed by atoms with van der Waals surface area (Å²) in [5, 5.41) is 1.69. The molecule has 0 nitrogen and oxygen atoms in total. The van der Waals surface area contributed by atoms with Crippen molar-refractivity contribution in [3.63, 3.8) is 0 Å². The van der Waals surface area contributed by atoms with Gasteiger partial charge in [-0.1, -0.05) is 64.8 Å². The molecule has 0 heterocycles. The zero-order valence-corrected chi connectivity index (χ0v) is 12.2. The van der Waals surface area contributed by atoms with Crippen molar-refractivity contribution >= 4 is 13.2 Å². The molecule has 0 spiro atoms. The van der Waals surface area contributed by atoms with Crippen LogP contribution in [-0.4, -0.2) is 11.8 Å². The Morgan fingerprint density at radius 2 is 1.82 bits per heavy atom. The van der Waals surface area contributed by atoms with E-state index in [0.29, 0.717) is 0 Å². The van der Waals surface area contributed by atoms with Crippen molar-refractivity contribution in [3.8, 4) is 0 Å². The van der Waals surface area contributed by atoms with Gasteiger partial charge in [-0.05, 0) is 42.5 Å². The summed E-state index contributed by atoms with van der Waals surface area (Å²) < 4.78 is 0. The highest BCUT2D eigenvalue weighted by Gasteiger charge is 2.24. The second-order valence-electron chi connectivity index (χ2n) is 5.27. The molecule has 17 heavy (non-hydrogen) atoms. The summed E-state index contributed by atoms with van der Waals surface area (Å²) >= 11 is 0. The molecule has 2 rings (SSSR count). The molecule has 1 unspecified atom stereocenters. The first-order valence-electron chi connectivity index (χ1n) is 7.15. The van der Waals surface area contributed by atoms with Gasteiger partial charge >= 0.3 is 0 Å². The van der Waals surface area contributed by atoms with Crippen molar-refractivity contribution in [2.24, 2.45) is 0 Å². The fraction of sp³-hybridized carbons (Fsp3) is 0.625. The highest BCUT2D eigenvalue weighted by Crippen LogP contribution is 2.47. The molecular weight excluding hydrogens is 223 g/mol. The summed E-state index contributed by atoms with van der Waals surface area (Å²) in [5.74, 6) is 0. The quantitative estimate of drug-likeness (QED) is 0.668. The zero-order chi connectivity index (χ0) is 12.1. The average molecular weight is 248 g/mol. The number of hydrogen-bond donors (Lipinski definition) is 0. The molecule has 0 N–H and O–H groups in total. The molecule has 94 valence electrons. The van der Waals surface area contributed by atoms with Gasteiger partial charge < -0.3 is 0 Å². The average Bonchev–Trinajstić information content (AvgIpc) is 2.38. The van der Waals surface area contributed by atoms with Crippen molar-refractivity contribution in [3.05, 3.63) is 29.8 Å². The monoisotopic (exact) mass is 248 g/mol. The Labute approximate surface area is 108 Å². The van der Waals surface area contributed by atoms with Crippen LogP contribution in [0, 0.1) is 6.92 Å². The van der Waals surface area contributed by atoms with Gasteiger partial charge in [0.05, 0.1) is 0 Å². The van der Waals surface area contributed by atoms with Crippen LogP contribution in [-0.2, 0) is 0 Å². The molecule has 1 aromatic rings. The van der Waals surface area contributed by atoms with Gasteiger partial charge in [0, 0.05) is 0 Å². The maximum Gasteiger partial charge on any atom is -0.0169 e. The second-order valence-corrected chi connectivity index (χ2v) is 7.87. The maximum atomic E-state index is 2.39. The van der Waals surface area contributed by atoms with Gasteiger partial charge in [0.1, 0.15) is 0 Å². The third-order valence-electron chi connectivity index (χ3n) is 3.90. The van der Waals surface area contributed by atoms with Gasteiger partial charge in [0.15, 0.2) is 0 Å². The Hall–Kier alpha value is -0.350. The van der Waals surface area contributed by atoms with Crippen molar-refractivity contribution in [2.45, 2.75) is 58.0 Å². The van der Waals surface area contributed by atoms with E-state index in [9.17, 15) is 0 Å². The molecule has 0 saturated heterocycles.